The van der Waals surface area contributed by atoms with Gasteiger partial charge in [-0.2, -0.15) is 0 Å². The van der Waals surface area contributed by atoms with E-state index in [1.54, 1.807) is 0 Å². The van der Waals surface area contributed by atoms with Crippen molar-refractivity contribution < 1.29 is 0 Å². The fourth-order valence-corrected chi connectivity index (χ4v) is 2.63. The standard InChI is InChI=1S/C9H12.C5H8/c1-2-9-5-3-8(7-9)4-6-9;1-2-4-5-3-1/h2-3,5,8H,1,4,6-7H2;1-2H,3-5H2. The second kappa shape index (κ2) is 4.16. The van der Waals surface area contributed by atoms with Gasteiger partial charge in [0.25, 0.3) is 0 Å². The first-order chi connectivity index (χ1) is 6.85. The van der Waals surface area contributed by atoms with E-state index in [0.717, 1.165) is 5.92 Å². The fraction of sp³-hybridized carbons (Fsp3) is 0.571. The number of allylic oxidation sites excluding steroid dienone is 5. The summed E-state index contributed by atoms with van der Waals surface area (Å²) < 4.78 is 0. The first kappa shape index (κ1) is 9.76. The molecule has 0 aromatic heterocycles. The van der Waals surface area contributed by atoms with Gasteiger partial charge in [0.15, 0.2) is 0 Å². The molecule has 0 aromatic carbocycles. The van der Waals surface area contributed by atoms with Gasteiger partial charge in [-0.3, -0.25) is 0 Å². The topological polar surface area (TPSA) is 0 Å². The van der Waals surface area contributed by atoms with Gasteiger partial charge in [-0.15, -0.1) is 6.58 Å². The van der Waals surface area contributed by atoms with Gasteiger partial charge in [-0.1, -0.05) is 30.4 Å². The normalized spacial score (nSPS) is 37.0. The molecule has 1 fully saturated rings. The van der Waals surface area contributed by atoms with Crippen molar-refractivity contribution in [3.8, 4) is 0 Å². The van der Waals surface area contributed by atoms with Gasteiger partial charge < -0.3 is 0 Å². The van der Waals surface area contributed by atoms with Crippen LogP contribution in [0.5, 0.6) is 0 Å². The predicted octanol–water partition coefficient (Wildman–Crippen LogP) is 4.26. The van der Waals surface area contributed by atoms with Crippen molar-refractivity contribution in [3.05, 3.63) is 37.0 Å². The number of fused-ring (bicyclic) bond motifs is 2. The van der Waals surface area contributed by atoms with Crippen molar-refractivity contribution in [3.63, 3.8) is 0 Å². The molecule has 0 radical (unpaired) electrons. The third-order valence-electron chi connectivity index (χ3n) is 3.64. The first-order valence-corrected chi connectivity index (χ1v) is 5.83. The average Bonchev–Trinajstić information content (AvgIpc) is 2.98. The fourth-order valence-electron chi connectivity index (χ4n) is 2.63. The molecule has 76 valence electrons. The zero-order valence-electron chi connectivity index (χ0n) is 8.91. The molecule has 2 unspecified atom stereocenters. The van der Waals surface area contributed by atoms with Crippen LogP contribution in [0, 0.1) is 11.3 Å². The lowest BCUT2D eigenvalue weighted by Gasteiger charge is -2.16. The van der Waals surface area contributed by atoms with Crippen LogP contribution in [0.3, 0.4) is 0 Å². The van der Waals surface area contributed by atoms with Crippen LogP contribution in [-0.4, -0.2) is 0 Å². The van der Waals surface area contributed by atoms with Crippen molar-refractivity contribution in [2.45, 2.75) is 38.5 Å². The summed E-state index contributed by atoms with van der Waals surface area (Å²) in [5.74, 6) is 0.892. The molecule has 3 aliphatic rings. The van der Waals surface area contributed by atoms with Crippen molar-refractivity contribution in [2.24, 2.45) is 11.3 Å². The predicted molar refractivity (Wildman–Crippen MR) is 62.1 cm³/mol. The van der Waals surface area contributed by atoms with Crippen LogP contribution < -0.4 is 0 Å². The summed E-state index contributed by atoms with van der Waals surface area (Å²) in [5, 5.41) is 0. The van der Waals surface area contributed by atoms with E-state index in [4.69, 9.17) is 0 Å². The maximum atomic E-state index is 3.86. The highest BCUT2D eigenvalue weighted by Crippen LogP contribution is 2.49. The SMILES string of the molecule is C1=CCCC1.C=CC12C=CC(CC1)C2. The molecule has 2 bridgehead atoms. The van der Waals surface area contributed by atoms with Crippen molar-refractivity contribution in [1.82, 2.24) is 0 Å². The van der Waals surface area contributed by atoms with E-state index in [0.29, 0.717) is 5.41 Å². The van der Waals surface area contributed by atoms with Crippen LogP contribution in [0.2, 0.25) is 0 Å². The zero-order valence-corrected chi connectivity index (χ0v) is 8.91. The largest absolute Gasteiger partial charge is 0.102 e. The molecule has 0 aromatic rings. The summed E-state index contributed by atoms with van der Waals surface area (Å²) in [7, 11) is 0. The minimum absolute atomic E-state index is 0.435. The molecular formula is C14H20. The third kappa shape index (κ3) is 2.00. The molecular weight excluding hydrogens is 168 g/mol. The van der Waals surface area contributed by atoms with Gasteiger partial charge in [0.1, 0.15) is 0 Å². The second-order valence-corrected chi connectivity index (χ2v) is 4.70. The van der Waals surface area contributed by atoms with E-state index in [-0.39, 0.29) is 0 Å². The van der Waals surface area contributed by atoms with Gasteiger partial charge in [0.05, 0.1) is 0 Å². The Morgan fingerprint density at radius 3 is 2.29 bits per heavy atom. The lowest BCUT2D eigenvalue weighted by Crippen LogP contribution is -2.05. The molecule has 0 N–H and O–H groups in total. The number of hydrogen-bond acceptors (Lipinski definition) is 0. The summed E-state index contributed by atoms with van der Waals surface area (Å²) in [4.78, 5) is 0. The molecule has 2 atom stereocenters. The lowest BCUT2D eigenvalue weighted by atomic mass is 9.88. The average molecular weight is 188 g/mol. The molecule has 3 aliphatic carbocycles. The summed E-state index contributed by atoms with van der Waals surface area (Å²) in [6.45, 7) is 3.86. The lowest BCUT2D eigenvalue weighted by molar-refractivity contribution is 0.525. The van der Waals surface area contributed by atoms with E-state index in [1.165, 1.54) is 38.5 Å². The highest BCUT2D eigenvalue weighted by atomic mass is 14.4. The van der Waals surface area contributed by atoms with Crippen molar-refractivity contribution in [1.29, 1.82) is 0 Å². The van der Waals surface area contributed by atoms with Gasteiger partial charge in [0.2, 0.25) is 0 Å². The Morgan fingerprint density at radius 2 is 2.07 bits per heavy atom. The van der Waals surface area contributed by atoms with Crippen LogP contribution in [0.4, 0.5) is 0 Å². The van der Waals surface area contributed by atoms with Gasteiger partial charge in [-0.25, -0.2) is 0 Å². The molecule has 1 saturated carbocycles. The zero-order chi connectivity index (χ0) is 9.86. The van der Waals surface area contributed by atoms with E-state index < -0.39 is 0 Å². The highest BCUT2D eigenvalue weighted by Gasteiger charge is 2.37. The molecule has 0 heteroatoms. The molecule has 3 rings (SSSR count). The smallest absolute Gasteiger partial charge is 0.00642 e. The van der Waals surface area contributed by atoms with E-state index in [2.05, 4.69) is 37.0 Å². The molecule has 0 aliphatic heterocycles. The molecule has 0 heterocycles. The molecule has 0 spiro atoms. The Balaban J connectivity index is 0.000000128. The maximum absolute atomic E-state index is 3.86. The summed E-state index contributed by atoms with van der Waals surface area (Å²) in [5.41, 5.74) is 0.435. The highest BCUT2D eigenvalue weighted by molar-refractivity contribution is 5.21. The Morgan fingerprint density at radius 1 is 1.29 bits per heavy atom. The second-order valence-electron chi connectivity index (χ2n) is 4.70. The summed E-state index contributed by atoms with van der Waals surface area (Å²) >= 11 is 0. The van der Waals surface area contributed by atoms with Crippen molar-refractivity contribution >= 4 is 0 Å². The van der Waals surface area contributed by atoms with Crippen LogP contribution in [0.1, 0.15) is 38.5 Å². The van der Waals surface area contributed by atoms with Crippen molar-refractivity contribution in [2.75, 3.05) is 0 Å². The van der Waals surface area contributed by atoms with Crippen LogP contribution >= 0.6 is 0 Å². The van der Waals surface area contributed by atoms with Crippen LogP contribution in [0.15, 0.2) is 37.0 Å². The number of hydrogen-bond donors (Lipinski definition) is 0. The van der Waals surface area contributed by atoms with Crippen LogP contribution in [-0.2, 0) is 0 Å². The van der Waals surface area contributed by atoms with Crippen LogP contribution in [0.25, 0.3) is 0 Å². The van der Waals surface area contributed by atoms with Gasteiger partial charge in [-0.05, 0) is 44.4 Å². The Labute approximate surface area is 87.4 Å². The maximum Gasteiger partial charge on any atom is 0.00642 e. The van der Waals surface area contributed by atoms with Gasteiger partial charge in [0, 0.05) is 5.41 Å². The monoisotopic (exact) mass is 188 g/mol. The molecule has 0 amide bonds. The molecule has 14 heavy (non-hydrogen) atoms. The molecule has 0 nitrogen and oxygen atoms in total. The Hall–Kier alpha value is -0.780. The van der Waals surface area contributed by atoms with E-state index >= 15 is 0 Å². The Bertz CT molecular complexity index is 253. The number of rotatable bonds is 1. The molecule has 0 saturated heterocycles. The first-order valence-electron chi connectivity index (χ1n) is 5.83. The minimum atomic E-state index is 0.435. The summed E-state index contributed by atoms with van der Waals surface area (Å²) in [6.07, 6.45) is 19.4. The van der Waals surface area contributed by atoms with E-state index in [9.17, 15) is 0 Å². The Kier molecular flexibility index (Phi) is 2.90. The quantitative estimate of drug-likeness (QED) is 0.539. The summed E-state index contributed by atoms with van der Waals surface area (Å²) in [6, 6.07) is 0. The third-order valence-corrected chi connectivity index (χ3v) is 3.64. The van der Waals surface area contributed by atoms with Gasteiger partial charge >= 0.3 is 0 Å². The van der Waals surface area contributed by atoms with E-state index in [1.807, 2.05) is 0 Å². The minimum Gasteiger partial charge on any atom is -0.102 e.